The molecular formula is C26H37N7O2. The predicted molar refractivity (Wildman–Crippen MR) is 136 cm³/mol. The molecule has 0 amide bonds. The Kier molecular flexibility index (Phi) is 8.85. The van der Waals surface area contributed by atoms with Crippen molar-refractivity contribution in [3.05, 3.63) is 30.7 Å². The van der Waals surface area contributed by atoms with Crippen LogP contribution >= 0.6 is 0 Å². The summed E-state index contributed by atoms with van der Waals surface area (Å²) in [6.45, 7) is 4.77. The summed E-state index contributed by atoms with van der Waals surface area (Å²) in [5.41, 5.74) is 2.09. The third-order valence-corrected chi connectivity index (χ3v) is 7.02. The maximum absolute atomic E-state index is 9.70. The molecular weight excluding hydrogens is 442 g/mol. The van der Waals surface area contributed by atoms with Crippen molar-refractivity contribution in [3.63, 3.8) is 0 Å². The molecule has 188 valence electrons. The van der Waals surface area contributed by atoms with E-state index >= 15 is 0 Å². The molecule has 1 aliphatic heterocycles. The summed E-state index contributed by atoms with van der Waals surface area (Å²) < 4.78 is 10.7. The summed E-state index contributed by atoms with van der Waals surface area (Å²) in [7, 11) is 1.74. The van der Waals surface area contributed by atoms with E-state index in [2.05, 4.69) is 43.9 Å². The van der Waals surface area contributed by atoms with Gasteiger partial charge in [-0.3, -0.25) is 4.98 Å². The van der Waals surface area contributed by atoms with Crippen molar-refractivity contribution in [2.45, 2.75) is 63.6 Å². The monoisotopic (exact) mass is 479 g/mol. The Morgan fingerprint density at radius 1 is 1.11 bits per heavy atom. The highest BCUT2D eigenvalue weighted by Gasteiger charge is 2.32. The van der Waals surface area contributed by atoms with Crippen molar-refractivity contribution in [2.24, 2.45) is 5.41 Å². The molecule has 0 unspecified atom stereocenters. The second-order valence-electron chi connectivity index (χ2n) is 9.79. The lowest BCUT2D eigenvalue weighted by Crippen LogP contribution is -2.42. The molecule has 1 aliphatic carbocycles. The zero-order valence-electron chi connectivity index (χ0n) is 20.8. The summed E-state index contributed by atoms with van der Waals surface area (Å²) in [5.74, 6) is 0.824. The predicted octanol–water partition coefficient (Wildman–Crippen LogP) is 3.62. The molecule has 0 spiro atoms. The zero-order valence-corrected chi connectivity index (χ0v) is 20.8. The molecule has 2 aliphatic rings. The van der Waals surface area contributed by atoms with E-state index in [9.17, 15) is 5.26 Å². The van der Waals surface area contributed by atoms with Crippen LogP contribution in [0.1, 0.15) is 45.4 Å². The van der Waals surface area contributed by atoms with Gasteiger partial charge in [0.05, 0.1) is 29.5 Å². The van der Waals surface area contributed by atoms with E-state index < -0.39 is 0 Å². The van der Waals surface area contributed by atoms with Gasteiger partial charge in [-0.25, -0.2) is 9.97 Å². The minimum Gasteiger partial charge on any atom is -0.383 e. The number of anilines is 2. The molecule has 1 saturated carbocycles. The number of hydrogen-bond acceptors (Lipinski definition) is 9. The number of nitrogens with one attached hydrogen (secondary N) is 3. The second-order valence-corrected chi connectivity index (χ2v) is 9.79. The Hall–Kier alpha value is -2.80. The first-order valence-corrected chi connectivity index (χ1v) is 12.6. The molecule has 1 atom stereocenters. The van der Waals surface area contributed by atoms with Gasteiger partial charge in [-0.05, 0) is 57.6 Å². The Bertz CT molecular complexity index is 982. The van der Waals surface area contributed by atoms with Crippen LogP contribution < -0.4 is 16.0 Å². The normalized spacial score (nSPS) is 22.7. The number of pyridine rings is 1. The summed E-state index contributed by atoms with van der Waals surface area (Å²) >= 11 is 0. The molecule has 9 nitrogen and oxygen atoms in total. The minimum absolute atomic E-state index is 0.374. The average Bonchev–Trinajstić information content (AvgIpc) is 2.90. The highest BCUT2D eigenvalue weighted by atomic mass is 16.5. The van der Waals surface area contributed by atoms with Crippen LogP contribution in [-0.2, 0) is 9.47 Å². The number of nitriles is 1. The molecule has 0 aromatic carbocycles. The number of methoxy groups -OCH3 is 1. The third-order valence-electron chi connectivity index (χ3n) is 7.02. The molecule has 35 heavy (non-hydrogen) atoms. The van der Waals surface area contributed by atoms with Crippen molar-refractivity contribution in [3.8, 4) is 17.5 Å². The molecule has 3 heterocycles. The Morgan fingerprint density at radius 3 is 2.60 bits per heavy atom. The first-order chi connectivity index (χ1) is 17.1. The van der Waals surface area contributed by atoms with Crippen LogP contribution in [0.2, 0.25) is 0 Å². The van der Waals surface area contributed by atoms with Gasteiger partial charge in [0, 0.05) is 62.9 Å². The van der Waals surface area contributed by atoms with E-state index in [0.717, 1.165) is 68.0 Å². The number of aromatic nitrogens is 3. The van der Waals surface area contributed by atoms with Crippen molar-refractivity contribution < 1.29 is 9.47 Å². The molecule has 9 heteroatoms. The molecule has 2 aromatic heterocycles. The lowest BCUT2D eigenvalue weighted by atomic mass is 9.81. The number of ether oxygens (including phenoxy) is 2. The number of rotatable bonds is 10. The van der Waals surface area contributed by atoms with E-state index in [-0.39, 0.29) is 5.41 Å². The van der Waals surface area contributed by atoms with Gasteiger partial charge < -0.3 is 25.4 Å². The van der Waals surface area contributed by atoms with E-state index in [4.69, 9.17) is 9.47 Å². The quantitative estimate of drug-likeness (QED) is 0.470. The summed E-state index contributed by atoms with van der Waals surface area (Å²) in [6, 6.07) is 9.69. The number of nitrogens with zero attached hydrogens (tertiary/aromatic N) is 4. The summed E-state index contributed by atoms with van der Waals surface area (Å²) in [5, 5.41) is 20.4. The molecule has 4 rings (SSSR count). The third kappa shape index (κ3) is 7.10. The topological polar surface area (TPSA) is 117 Å². The summed E-state index contributed by atoms with van der Waals surface area (Å²) in [4.78, 5) is 13.4. The fraction of sp³-hybridized carbons (Fsp3) is 0.615. The van der Waals surface area contributed by atoms with Gasteiger partial charge in [0.1, 0.15) is 12.1 Å². The molecule has 2 fully saturated rings. The lowest BCUT2D eigenvalue weighted by Gasteiger charge is -2.31. The van der Waals surface area contributed by atoms with Gasteiger partial charge in [0.15, 0.2) is 0 Å². The molecule has 0 bridgehead atoms. The second kappa shape index (κ2) is 12.2. The van der Waals surface area contributed by atoms with Crippen molar-refractivity contribution in [1.82, 2.24) is 20.3 Å². The standard InChI is InChI=1S/C26H37N7O2/c1-19(15-34-2)32-20-3-5-21(6-4-20)33-25-14-24(30-18-31-25)23-13-22(7-10-28-23)29-17-26(16-27)8-11-35-12-9-26/h7,10,13-14,18-21,32H,3-6,8-9,11-12,15,17H2,1-2H3,(H,28,29)(H,30,31,33)/t19-,20?,21?/m0/s1. The smallest absolute Gasteiger partial charge is 0.130 e. The first-order valence-electron chi connectivity index (χ1n) is 12.6. The Balaban J connectivity index is 1.33. The summed E-state index contributed by atoms with van der Waals surface area (Å²) in [6.07, 6.45) is 9.32. The highest BCUT2D eigenvalue weighted by molar-refractivity contribution is 5.63. The van der Waals surface area contributed by atoms with Gasteiger partial charge >= 0.3 is 0 Å². The van der Waals surface area contributed by atoms with E-state index in [1.54, 1.807) is 19.6 Å². The van der Waals surface area contributed by atoms with Crippen LogP contribution in [0.5, 0.6) is 0 Å². The van der Waals surface area contributed by atoms with E-state index in [1.165, 1.54) is 0 Å². The van der Waals surface area contributed by atoms with Gasteiger partial charge in [-0.1, -0.05) is 0 Å². The molecule has 2 aromatic rings. The van der Waals surface area contributed by atoms with Crippen LogP contribution in [0.25, 0.3) is 11.4 Å². The largest absolute Gasteiger partial charge is 0.383 e. The first kappa shape index (κ1) is 25.3. The van der Waals surface area contributed by atoms with Gasteiger partial charge in [-0.15, -0.1) is 0 Å². The Morgan fingerprint density at radius 2 is 1.86 bits per heavy atom. The van der Waals surface area contributed by atoms with Crippen LogP contribution in [0.15, 0.2) is 30.7 Å². The fourth-order valence-corrected chi connectivity index (χ4v) is 4.93. The fourth-order valence-electron chi connectivity index (χ4n) is 4.93. The lowest BCUT2D eigenvalue weighted by molar-refractivity contribution is 0.0456. The maximum Gasteiger partial charge on any atom is 0.130 e. The molecule has 1 saturated heterocycles. The molecule has 3 N–H and O–H groups in total. The average molecular weight is 480 g/mol. The maximum atomic E-state index is 9.70. The zero-order chi connectivity index (χ0) is 24.5. The van der Waals surface area contributed by atoms with Crippen LogP contribution in [-0.4, -0.2) is 66.6 Å². The van der Waals surface area contributed by atoms with Gasteiger partial charge in [0.2, 0.25) is 0 Å². The van der Waals surface area contributed by atoms with E-state index in [1.807, 2.05) is 18.2 Å². The highest BCUT2D eigenvalue weighted by Crippen LogP contribution is 2.30. The van der Waals surface area contributed by atoms with Crippen LogP contribution in [0, 0.1) is 16.7 Å². The van der Waals surface area contributed by atoms with Gasteiger partial charge in [0.25, 0.3) is 0 Å². The van der Waals surface area contributed by atoms with Crippen molar-refractivity contribution in [2.75, 3.05) is 44.1 Å². The van der Waals surface area contributed by atoms with E-state index in [0.29, 0.717) is 37.9 Å². The van der Waals surface area contributed by atoms with Crippen molar-refractivity contribution >= 4 is 11.5 Å². The SMILES string of the molecule is COC[C@H](C)NC1CCC(Nc2cc(-c3cc(NCC4(C#N)CCOCC4)ccn3)ncn2)CC1. The van der Waals surface area contributed by atoms with Crippen LogP contribution in [0.4, 0.5) is 11.5 Å². The molecule has 0 radical (unpaired) electrons. The Labute approximate surface area is 208 Å². The minimum atomic E-state index is -0.385. The van der Waals surface area contributed by atoms with Crippen molar-refractivity contribution in [1.29, 1.82) is 5.26 Å². The van der Waals surface area contributed by atoms with Gasteiger partial charge in [-0.2, -0.15) is 5.26 Å². The van der Waals surface area contributed by atoms with Crippen LogP contribution in [0.3, 0.4) is 0 Å². The number of hydrogen-bond donors (Lipinski definition) is 3.